The molecule has 0 radical (unpaired) electrons. The van der Waals surface area contributed by atoms with E-state index in [0.717, 1.165) is 36.3 Å². The fourth-order valence-corrected chi connectivity index (χ4v) is 3.12. The van der Waals surface area contributed by atoms with Crippen molar-refractivity contribution in [3.8, 4) is 6.07 Å². The van der Waals surface area contributed by atoms with Crippen LogP contribution in [0.15, 0.2) is 48.5 Å². The van der Waals surface area contributed by atoms with Gasteiger partial charge in [0.2, 0.25) is 5.91 Å². The summed E-state index contributed by atoms with van der Waals surface area (Å²) in [5.74, 6) is 0.0863. The number of nitrogens with zero attached hydrogens (tertiary/aromatic N) is 2. The molecule has 1 aliphatic heterocycles. The third kappa shape index (κ3) is 3.41. The Hall–Kier alpha value is -2.80. The van der Waals surface area contributed by atoms with Gasteiger partial charge in [-0.05, 0) is 49.1 Å². The zero-order chi connectivity index (χ0) is 16.9. The van der Waals surface area contributed by atoms with Crippen LogP contribution in [0.5, 0.6) is 0 Å². The van der Waals surface area contributed by atoms with Crippen LogP contribution in [-0.2, 0) is 17.6 Å². The van der Waals surface area contributed by atoms with Crippen molar-refractivity contribution in [3.05, 3.63) is 59.7 Å². The molecule has 0 saturated heterocycles. The predicted molar refractivity (Wildman–Crippen MR) is 96.0 cm³/mol. The summed E-state index contributed by atoms with van der Waals surface area (Å²) in [5.41, 5.74) is 4.15. The fourth-order valence-electron chi connectivity index (χ4n) is 3.12. The SMILES string of the molecule is CC(Nc1ccc(CC#N)cc1)C(=O)N1CCCc2ccccc21. The lowest BCUT2D eigenvalue weighted by Gasteiger charge is -2.32. The molecule has 0 saturated carbocycles. The minimum absolute atomic E-state index is 0.0863. The number of fused-ring (bicyclic) bond motifs is 1. The minimum Gasteiger partial charge on any atom is -0.374 e. The summed E-state index contributed by atoms with van der Waals surface area (Å²) in [4.78, 5) is 14.7. The van der Waals surface area contributed by atoms with Gasteiger partial charge in [-0.3, -0.25) is 4.79 Å². The Morgan fingerprint density at radius 1 is 1.25 bits per heavy atom. The Morgan fingerprint density at radius 2 is 2.00 bits per heavy atom. The Kier molecular flexibility index (Phi) is 4.81. The van der Waals surface area contributed by atoms with E-state index in [4.69, 9.17) is 5.26 Å². The zero-order valence-electron chi connectivity index (χ0n) is 13.8. The largest absolute Gasteiger partial charge is 0.374 e. The van der Waals surface area contributed by atoms with Gasteiger partial charge >= 0.3 is 0 Å². The van der Waals surface area contributed by atoms with Crippen LogP contribution < -0.4 is 10.2 Å². The summed E-state index contributed by atoms with van der Waals surface area (Å²) in [6.45, 7) is 2.66. The molecule has 2 aromatic carbocycles. The number of para-hydroxylation sites is 1. The summed E-state index contributed by atoms with van der Waals surface area (Å²) < 4.78 is 0. The number of carbonyl (C=O) groups excluding carboxylic acids is 1. The second kappa shape index (κ2) is 7.18. The maximum absolute atomic E-state index is 12.9. The lowest BCUT2D eigenvalue weighted by Crippen LogP contribution is -2.44. The maximum Gasteiger partial charge on any atom is 0.249 e. The number of nitriles is 1. The highest BCUT2D eigenvalue weighted by atomic mass is 16.2. The van der Waals surface area contributed by atoms with Gasteiger partial charge in [-0.15, -0.1) is 0 Å². The molecule has 0 fully saturated rings. The molecule has 1 heterocycles. The second-order valence-corrected chi connectivity index (χ2v) is 6.12. The molecule has 4 heteroatoms. The van der Waals surface area contributed by atoms with Gasteiger partial charge in [-0.2, -0.15) is 5.26 Å². The van der Waals surface area contributed by atoms with Crippen molar-refractivity contribution in [2.75, 3.05) is 16.8 Å². The van der Waals surface area contributed by atoms with Crippen LogP contribution >= 0.6 is 0 Å². The molecule has 122 valence electrons. The number of amides is 1. The Morgan fingerprint density at radius 3 is 2.75 bits per heavy atom. The molecular weight excluding hydrogens is 298 g/mol. The van der Waals surface area contributed by atoms with Crippen LogP contribution in [0.1, 0.15) is 24.5 Å². The van der Waals surface area contributed by atoms with Crippen LogP contribution in [0.2, 0.25) is 0 Å². The average Bonchev–Trinajstić information content (AvgIpc) is 2.62. The standard InChI is InChI=1S/C20H21N3O/c1-15(22-18-10-8-16(9-11-18)12-13-21)20(24)23-14-4-6-17-5-2-3-7-19(17)23/h2-3,5,7-11,15,22H,4,6,12,14H2,1H3. The first-order valence-electron chi connectivity index (χ1n) is 8.31. The molecule has 1 N–H and O–H groups in total. The summed E-state index contributed by atoms with van der Waals surface area (Å²) >= 11 is 0. The quantitative estimate of drug-likeness (QED) is 0.938. The molecule has 1 atom stereocenters. The summed E-state index contributed by atoms with van der Waals surface area (Å²) in [7, 11) is 0. The highest BCUT2D eigenvalue weighted by molar-refractivity contribution is 5.99. The Labute approximate surface area is 142 Å². The monoisotopic (exact) mass is 319 g/mol. The van der Waals surface area contributed by atoms with E-state index in [-0.39, 0.29) is 11.9 Å². The zero-order valence-corrected chi connectivity index (χ0v) is 13.8. The first kappa shape index (κ1) is 16.1. The molecule has 1 aliphatic rings. The van der Waals surface area contributed by atoms with Gasteiger partial charge in [0.25, 0.3) is 0 Å². The number of carbonyl (C=O) groups is 1. The molecule has 2 aromatic rings. The van der Waals surface area contributed by atoms with Crippen molar-refractivity contribution in [3.63, 3.8) is 0 Å². The van der Waals surface area contributed by atoms with Crippen molar-refractivity contribution < 1.29 is 4.79 Å². The first-order chi connectivity index (χ1) is 11.7. The predicted octanol–water partition coefficient (Wildman–Crippen LogP) is 3.53. The van der Waals surface area contributed by atoms with E-state index in [2.05, 4.69) is 17.5 Å². The van der Waals surface area contributed by atoms with Gasteiger partial charge in [-0.25, -0.2) is 0 Å². The summed E-state index contributed by atoms with van der Waals surface area (Å²) in [5, 5.41) is 12.0. The van der Waals surface area contributed by atoms with Gasteiger partial charge in [0.1, 0.15) is 6.04 Å². The molecular formula is C20H21N3O. The van der Waals surface area contributed by atoms with Crippen molar-refractivity contribution in [2.45, 2.75) is 32.2 Å². The van der Waals surface area contributed by atoms with Crippen molar-refractivity contribution in [2.24, 2.45) is 0 Å². The lowest BCUT2D eigenvalue weighted by atomic mass is 10.0. The van der Waals surface area contributed by atoms with Crippen molar-refractivity contribution in [1.82, 2.24) is 0 Å². The minimum atomic E-state index is -0.307. The molecule has 1 unspecified atom stereocenters. The lowest BCUT2D eigenvalue weighted by molar-refractivity contribution is -0.119. The third-order valence-corrected chi connectivity index (χ3v) is 4.37. The van der Waals surface area contributed by atoms with E-state index in [1.54, 1.807) is 0 Å². The molecule has 1 amide bonds. The molecule has 0 bridgehead atoms. The number of anilines is 2. The van der Waals surface area contributed by atoms with Crippen LogP contribution in [0, 0.1) is 11.3 Å². The number of hydrogen-bond acceptors (Lipinski definition) is 3. The van der Waals surface area contributed by atoms with Crippen LogP contribution in [0.25, 0.3) is 0 Å². The average molecular weight is 319 g/mol. The normalized spacial score (nSPS) is 14.4. The van der Waals surface area contributed by atoms with Gasteiger partial charge in [0.05, 0.1) is 12.5 Å². The van der Waals surface area contributed by atoms with Crippen LogP contribution in [-0.4, -0.2) is 18.5 Å². The molecule has 0 aromatic heterocycles. The Bertz CT molecular complexity index is 761. The number of nitrogens with one attached hydrogen (secondary N) is 1. The van der Waals surface area contributed by atoms with Crippen molar-refractivity contribution >= 4 is 17.3 Å². The van der Waals surface area contributed by atoms with E-state index in [9.17, 15) is 4.79 Å². The van der Waals surface area contributed by atoms with Crippen molar-refractivity contribution in [1.29, 1.82) is 5.26 Å². The first-order valence-corrected chi connectivity index (χ1v) is 8.31. The second-order valence-electron chi connectivity index (χ2n) is 6.12. The number of hydrogen-bond donors (Lipinski definition) is 1. The van der Waals surface area contributed by atoms with Gasteiger partial charge in [-0.1, -0.05) is 30.3 Å². The number of benzene rings is 2. The summed E-state index contributed by atoms with van der Waals surface area (Å²) in [6, 6.07) is 17.6. The van der Waals surface area contributed by atoms with Gasteiger partial charge in [0.15, 0.2) is 0 Å². The van der Waals surface area contributed by atoms with E-state index >= 15 is 0 Å². The molecule has 3 rings (SSSR count). The topological polar surface area (TPSA) is 56.1 Å². The molecule has 4 nitrogen and oxygen atoms in total. The van der Waals surface area contributed by atoms with E-state index in [1.807, 2.05) is 54.3 Å². The molecule has 0 spiro atoms. The highest BCUT2D eigenvalue weighted by Crippen LogP contribution is 2.27. The highest BCUT2D eigenvalue weighted by Gasteiger charge is 2.25. The van der Waals surface area contributed by atoms with E-state index in [1.165, 1.54) is 5.56 Å². The van der Waals surface area contributed by atoms with E-state index < -0.39 is 0 Å². The van der Waals surface area contributed by atoms with Crippen LogP contribution in [0.3, 0.4) is 0 Å². The fraction of sp³-hybridized carbons (Fsp3) is 0.300. The number of aryl methyl sites for hydroxylation is 1. The summed E-state index contributed by atoms with van der Waals surface area (Å²) in [6.07, 6.45) is 2.43. The Balaban J connectivity index is 1.70. The molecule has 24 heavy (non-hydrogen) atoms. The third-order valence-electron chi connectivity index (χ3n) is 4.37. The maximum atomic E-state index is 12.9. The van der Waals surface area contributed by atoms with Gasteiger partial charge in [0, 0.05) is 17.9 Å². The van der Waals surface area contributed by atoms with Gasteiger partial charge < -0.3 is 10.2 Å². The smallest absolute Gasteiger partial charge is 0.249 e. The van der Waals surface area contributed by atoms with E-state index in [0.29, 0.717) is 6.42 Å². The molecule has 0 aliphatic carbocycles. The number of rotatable bonds is 4. The van der Waals surface area contributed by atoms with Crippen LogP contribution in [0.4, 0.5) is 11.4 Å².